The summed E-state index contributed by atoms with van der Waals surface area (Å²) in [6, 6.07) is 8.93. The van der Waals surface area contributed by atoms with Gasteiger partial charge in [0.25, 0.3) is 0 Å². The zero-order valence-corrected chi connectivity index (χ0v) is 10.5. The van der Waals surface area contributed by atoms with Crippen molar-refractivity contribution in [1.29, 1.82) is 0 Å². The highest BCUT2D eigenvalue weighted by molar-refractivity contribution is 7.17. The summed E-state index contributed by atoms with van der Waals surface area (Å²) in [4.78, 5) is 0. The first-order valence-electron chi connectivity index (χ1n) is 5.51. The van der Waals surface area contributed by atoms with Gasteiger partial charge in [0.05, 0.1) is 6.61 Å². The van der Waals surface area contributed by atoms with Crippen molar-refractivity contribution < 1.29 is 4.74 Å². The molecule has 1 N–H and O–H groups in total. The summed E-state index contributed by atoms with van der Waals surface area (Å²) in [6.45, 7) is 3.85. The Morgan fingerprint density at radius 1 is 1.38 bits per heavy atom. The molecule has 0 spiro atoms. The van der Waals surface area contributed by atoms with E-state index in [2.05, 4.69) is 41.9 Å². The van der Waals surface area contributed by atoms with Crippen molar-refractivity contribution in [2.75, 3.05) is 20.3 Å². The minimum absolute atomic E-state index is 0.381. The van der Waals surface area contributed by atoms with Crippen molar-refractivity contribution in [3.63, 3.8) is 0 Å². The lowest BCUT2D eigenvalue weighted by Crippen LogP contribution is -2.22. The molecule has 1 atom stereocenters. The molecule has 2 aromatic rings. The van der Waals surface area contributed by atoms with Crippen molar-refractivity contribution in [3.05, 3.63) is 35.2 Å². The largest absolute Gasteiger partial charge is 0.383 e. The van der Waals surface area contributed by atoms with E-state index in [1.54, 1.807) is 7.11 Å². The fourth-order valence-electron chi connectivity index (χ4n) is 1.82. The van der Waals surface area contributed by atoms with Crippen molar-refractivity contribution in [1.82, 2.24) is 5.32 Å². The molecule has 3 heteroatoms. The summed E-state index contributed by atoms with van der Waals surface area (Å²) in [5.41, 5.74) is 1.39. The molecule has 0 fully saturated rings. The molecule has 16 heavy (non-hydrogen) atoms. The third-order valence-corrected chi connectivity index (χ3v) is 3.72. The Morgan fingerprint density at radius 3 is 3.00 bits per heavy atom. The van der Waals surface area contributed by atoms with Gasteiger partial charge in [0, 0.05) is 24.4 Å². The standard InChI is InChI=1S/C13H17NOS/c1-10(14-7-8-15-2)12-9-16-13-6-4-3-5-11(12)13/h3-6,9-10,14H,7-8H2,1-2H3. The number of nitrogens with one attached hydrogen (secondary N) is 1. The van der Waals surface area contributed by atoms with E-state index in [0.717, 1.165) is 13.2 Å². The quantitative estimate of drug-likeness (QED) is 0.804. The molecule has 0 bridgehead atoms. The molecule has 1 aromatic carbocycles. The van der Waals surface area contributed by atoms with Gasteiger partial charge in [-0.1, -0.05) is 18.2 Å². The molecule has 1 unspecified atom stereocenters. The van der Waals surface area contributed by atoms with E-state index < -0.39 is 0 Å². The van der Waals surface area contributed by atoms with Gasteiger partial charge in [-0.3, -0.25) is 0 Å². The normalized spacial score (nSPS) is 13.1. The molecule has 0 saturated carbocycles. The average Bonchev–Trinajstić information content (AvgIpc) is 2.73. The lowest BCUT2D eigenvalue weighted by Gasteiger charge is -2.12. The summed E-state index contributed by atoms with van der Waals surface area (Å²) in [7, 11) is 1.73. The number of hydrogen-bond donors (Lipinski definition) is 1. The van der Waals surface area contributed by atoms with Crippen LogP contribution < -0.4 is 5.32 Å². The van der Waals surface area contributed by atoms with E-state index in [-0.39, 0.29) is 0 Å². The molecule has 0 aliphatic heterocycles. The van der Waals surface area contributed by atoms with Gasteiger partial charge in [-0.25, -0.2) is 0 Å². The molecule has 0 aliphatic rings. The van der Waals surface area contributed by atoms with Crippen LogP contribution in [-0.4, -0.2) is 20.3 Å². The number of ether oxygens (including phenoxy) is 1. The van der Waals surface area contributed by atoms with Crippen LogP contribution in [0.5, 0.6) is 0 Å². The van der Waals surface area contributed by atoms with Gasteiger partial charge in [0.2, 0.25) is 0 Å². The maximum Gasteiger partial charge on any atom is 0.0587 e. The van der Waals surface area contributed by atoms with Gasteiger partial charge in [0.15, 0.2) is 0 Å². The Kier molecular flexibility index (Phi) is 3.93. The Labute approximate surface area is 100 Å². The van der Waals surface area contributed by atoms with Crippen molar-refractivity contribution in [2.24, 2.45) is 0 Å². The zero-order valence-electron chi connectivity index (χ0n) is 9.69. The third-order valence-electron chi connectivity index (χ3n) is 2.73. The number of benzene rings is 1. The predicted octanol–water partition coefficient (Wildman–Crippen LogP) is 3.20. The van der Waals surface area contributed by atoms with Crippen LogP contribution in [0.4, 0.5) is 0 Å². The van der Waals surface area contributed by atoms with Crippen LogP contribution in [0.1, 0.15) is 18.5 Å². The molecular weight excluding hydrogens is 218 g/mol. The van der Waals surface area contributed by atoms with E-state index in [1.165, 1.54) is 15.6 Å². The fraction of sp³-hybridized carbons (Fsp3) is 0.385. The monoisotopic (exact) mass is 235 g/mol. The lowest BCUT2D eigenvalue weighted by atomic mass is 10.1. The SMILES string of the molecule is COCCNC(C)c1csc2ccccc12. The number of hydrogen-bond acceptors (Lipinski definition) is 3. The van der Waals surface area contributed by atoms with Crippen LogP contribution in [-0.2, 0) is 4.74 Å². The van der Waals surface area contributed by atoms with E-state index in [0.29, 0.717) is 6.04 Å². The first kappa shape index (κ1) is 11.6. The van der Waals surface area contributed by atoms with Crippen LogP contribution in [0.3, 0.4) is 0 Å². The molecule has 1 heterocycles. The summed E-state index contributed by atoms with van der Waals surface area (Å²) in [5.74, 6) is 0. The third kappa shape index (κ3) is 2.43. The van der Waals surface area contributed by atoms with Crippen LogP contribution >= 0.6 is 11.3 Å². The van der Waals surface area contributed by atoms with Gasteiger partial charge in [-0.2, -0.15) is 0 Å². The molecule has 86 valence electrons. The molecule has 0 amide bonds. The van der Waals surface area contributed by atoms with Crippen LogP contribution in [0.15, 0.2) is 29.6 Å². The highest BCUT2D eigenvalue weighted by atomic mass is 32.1. The summed E-state index contributed by atoms with van der Waals surface area (Å²) < 4.78 is 6.40. The second kappa shape index (κ2) is 5.43. The topological polar surface area (TPSA) is 21.3 Å². The van der Waals surface area contributed by atoms with Crippen LogP contribution in [0.2, 0.25) is 0 Å². The second-order valence-corrected chi connectivity index (χ2v) is 4.77. The molecule has 0 aliphatic carbocycles. The summed E-state index contributed by atoms with van der Waals surface area (Å²) in [6.07, 6.45) is 0. The zero-order chi connectivity index (χ0) is 11.4. The van der Waals surface area contributed by atoms with E-state index in [1.807, 2.05) is 11.3 Å². The van der Waals surface area contributed by atoms with Crippen molar-refractivity contribution >= 4 is 21.4 Å². The Balaban J connectivity index is 2.13. The number of thiophene rings is 1. The average molecular weight is 235 g/mol. The Bertz CT molecular complexity index is 452. The molecule has 0 saturated heterocycles. The minimum Gasteiger partial charge on any atom is -0.383 e. The van der Waals surface area contributed by atoms with E-state index >= 15 is 0 Å². The highest BCUT2D eigenvalue weighted by Crippen LogP contribution is 2.29. The van der Waals surface area contributed by atoms with Gasteiger partial charge in [-0.05, 0) is 29.3 Å². The van der Waals surface area contributed by atoms with Crippen LogP contribution in [0.25, 0.3) is 10.1 Å². The van der Waals surface area contributed by atoms with Crippen LogP contribution in [0, 0.1) is 0 Å². The maximum absolute atomic E-state index is 5.04. The fourth-order valence-corrected chi connectivity index (χ4v) is 2.88. The molecule has 2 rings (SSSR count). The first-order valence-corrected chi connectivity index (χ1v) is 6.39. The number of fused-ring (bicyclic) bond motifs is 1. The Morgan fingerprint density at radius 2 is 2.19 bits per heavy atom. The first-order chi connectivity index (χ1) is 7.83. The Hall–Kier alpha value is -0.900. The van der Waals surface area contributed by atoms with Gasteiger partial charge in [0.1, 0.15) is 0 Å². The van der Waals surface area contributed by atoms with Gasteiger partial charge < -0.3 is 10.1 Å². The molecular formula is C13H17NOS. The van der Waals surface area contributed by atoms with E-state index in [4.69, 9.17) is 4.74 Å². The maximum atomic E-state index is 5.04. The van der Waals surface area contributed by atoms with Crippen molar-refractivity contribution in [2.45, 2.75) is 13.0 Å². The smallest absolute Gasteiger partial charge is 0.0587 e. The minimum atomic E-state index is 0.381. The molecule has 1 aromatic heterocycles. The number of methoxy groups -OCH3 is 1. The lowest BCUT2D eigenvalue weighted by molar-refractivity contribution is 0.196. The van der Waals surface area contributed by atoms with Gasteiger partial charge >= 0.3 is 0 Å². The van der Waals surface area contributed by atoms with E-state index in [9.17, 15) is 0 Å². The van der Waals surface area contributed by atoms with Crippen molar-refractivity contribution in [3.8, 4) is 0 Å². The highest BCUT2D eigenvalue weighted by Gasteiger charge is 2.09. The number of rotatable bonds is 5. The summed E-state index contributed by atoms with van der Waals surface area (Å²) in [5, 5.41) is 7.07. The summed E-state index contributed by atoms with van der Waals surface area (Å²) >= 11 is 1.81. The molecule has 2 nitrogen and oxygen atoms in total. The molecule has 0 radical (unpaired) electrons. The second-order valence-electron chi connectivity index (χ2n) is 3.86. The predicted molar refractivity (Wildman–Crippen MR) is 70.1 cm³/mol. The van der Waals surface area contributed by atoms with Gasteiger partial charge in [-0.15, -0.1) is 11.3 Å².